The van der Waals surface area contributed by atoms with Crippen LogP contribution in [0.2, 0.25) is 0 Å². The Hall–Kier alpha value is -2.12. The molecule has 7 heteroatoms. The van der Waals surface area contributed by atoms with Crippen LogP contribution in [0.4, 0.5) is 5.69 Å². The fourth-order valence-corrected chi connectivity index (χ4v) is 3.56. The van der Waals surface area contributed by atoms with E-state index in [-0.39, 0.29) is 18.1 Å². The summed E-state index contributed by atoms with van der Waals surface area (Å²) in [4.78, 5) is 16.5. The minimum atomic E-state index is -0.239. The molecule has 0 aromatic carbocycles. The highest BCUT2D eigenvalue weighted by molar-refractivity contribution is 5.94. The van der Waals surface area contributed by atoms with E-state index in [4.69, 9.17) is 9.15 Å². The fourth-order valence-electron chi connectivity index (χ4n) is 3.56. The Morgan fingerprint density at radius 3 is 2.83 bits per heavy atom. The number of furan rings is 1. The third-order valence-corrected chi connectivity index (χ3v) is 5.01. The molecule has 0 saturated carbocycles. The summed E-state index contributed by atoms with van der Waals surface area (Å²) in [5, 5.41) is 4.18. The number of likely N-dealkylation sites (tertiary alicyclic amines) is 1. The smallest absolute Gasteiger partial charge is 0.253 e. The van der Waals surface area contributed by atoms with E-state index >= 15 is 0 Å². The maximum Gasteiger partial charge on any atom is 0.253 e. The van der Waals surface area contributed by atoms with Crippen LogP contribution >= 0.6 is 0 Å². The van der Waals surface area contributed by atoms with E-state index in [9.17, 15) is 4.79 Å². The molecule has 1 spiro atoms. The molecular weight excluding hydrogens is 308 g/mol. The molecule has 0 N–H and O–H groups in total. The quantitative estimate of drug-likeness (QED) is 0.851. The third-order valence-electron chi connectivity index (χ3n) is 5.01. The zero-order valence-corrected chi connectivity index (χ0v) is 13.9. The predicted molar refractivity (Wildman–Crippen MR) is 87.5 cm³/mol. The van der Waals surface area contributed by atoms with Gasteiger partial charge in [-0.15, -0.1) is 0 Å². The predicted octanol–water partition coefficient (Wildman–Crippen LogP) is 1.41. The van der Waals surface area contributed by atoms with Gasteiger partial charge in [0.05, 0.1) is 36.6 Å². The summed E-state index contributed by atoms with van der Waals surface area (Å²) >= 11 is 0. The second kappa shape index (κ2) is 6.07. The number of nitrogens with zero attached hydrogens (tertiary/aromatic N) is 4. The number of ether oxygens (including phenoxy) is 1. The molecule has 2 aromatic heterocycles. The number of carbonyl (C=O) groups excluding carboxylic acids is 1. The Bertz CT molecular complexity index is 701. The molecule has 2 aliphatic heterocycles. The van der Waals surface area contributed by atoms with Crippen LogP contribution in [0, 0.1) is 0 Å². The molecule has 128 valence electrons. The highest BCUT2D eigenvalue weighted by Gasteiger charge is 2.42. The van der Waals surface area contributed by atoms with E-state index in [2.05, 4.69) is 10.00 Å². The van der Waals surface area contributed by atoms with Crippen LogP contribution < -0.4 is 4.90 Å². The molecule has 0 radical (unpaired) electrons. The molecule has 4 heterocycles. The van der Waals surface area contributed by atoms with E-state index in [1.54, 1.807) is 23.4 Å². The highest BCUT2D eigenvalue weighted by Crippen LogP contribution is 2.33. The van der Waals surface area contributed by atoms with Crippen molar-refractivity contribution >= 4 is 11.6 Å². The topological polar surface area (TPSA) is 63.7 Å². The number of anilines is 1. The second-order valence-corrected chi connectivity index (χ2v) is 6.73. The molecule has 0 bridgehead atoms. The SMILES string of the molecule is Cn1cc(N2CC3(CCN(Cc4ccoc4)CC3)OCC2=O)cn1. The van der Waals surface area contributed by atoms with Crippen LogP contribution in [0.25, 0.3) is 0 Å². The lowest BCUT2D eigenvalue weighted by Gasteiger charge is -2.46. The molecule has 1 amide bonds. The number of hydrogen-bond acceptors (Lipinski definition) is 5. The first kappa shape index (κ1) is 15.4. The highest BCUT2D eigenvalue weighted by atomic mass is 16.5. The van der Waals surface area contributed by atoms with Crippen LogP contribution in [0.3, 0.4) is 0 Å². The van der Waals surface area contributed by atoms with Crippen LogP contribution in [0.5, 0.6) is 0 Å². The van der Waals surface area contributed by atoms with Crippen molar-refractivity contribution in [3.05, 3.63) is 36.5 Å². The van der Waals surface area contributed by atoms with Gasteiger partial charge in [-0.3, -0.25) is 14.4 Å². The largest absolute Gasteiger partial charge is 0.472 e. The first-order chi connectivity index (χ1) is 11.6. The van der Waals surface area contributed by atoms with E-state index in [1.165, 1.54) is 5.56 Å². The van der Waals surface area contributed by atoms with Gasteiger partial charge >= 0.3 is 0 Å². The summed E-state index contributed by atoms with van der Waals surface area (Å²) in [6.45, 7) is 3.58. The van der Waals surface area contributed by atoms with Gasteiger partial charge in [-0.05, 0) is 18.9 Å². The van der Waals surface area contributed by atoms with Crippen LogP contribution in [0.15, 0.2) is 35.4 Å². The summed E-state index contributed by atoms with van der Waals surface area (Å²) in [5.74, 6) is 0.00875. The van der Waals surface area contributed by atoms with Gasteiger partial charge in [-0.2, -0.15) is 5.10 Å². The van der Waals surface area contributed by atoms with E-state index in [0.717, 1.165) is 38.2 Å². The Morgan fingerprint density at radius 2 is 2.17 bits per heavy atom. The zero-order valence-electron chi connectivity index (χ0n) is 13.9. The van der Waals surface area contributed by atoms with Gasteiger partial charge in [0, 0.05) is 38.4 Å². The lowest BCUT2D eigenvalue weighted by molar-refractivity contribution is -0.144. The second-order valence-electron chi connectivity index (χ2n) is 6.73. The summed E-state index contributed by atoms with van der Waals surface area (Å²) in [6.07, 6.45) is 8.98. The Balaban J connectivity index is 1.42. The monoisotopic (exact) mass is 330 g/mol. The number of aryl methyl sites for hydroxylation is 1. The minimum absolute atomic E-state index is 0.00875. The van der Waals surface area contributed by atoms with E-state index in [1.807, 2.05) is 24.2 Å². The van der Waals surface area contributed by atoms with Crippen molar-refractivity contribution in [3.8, 4) is 0 Å². The van der Waals surface area contributed by atoms with Gasteiger partial charge < -0.3 is 14.1 Å². The standard InChI is InChI=1S/C17H22N4O3/c1-19-10-15(8-18-19)21-13-17(24-12-16(21)22)3-5-20(6-4-17)9-14-2-7-23-11-14/h2,7-8,10-11H,3-6,9,12-13H2,1H3. The number of rotatable bonds is 3. The first-order valence-corrected chi connectivity index (χ1v) is 8.30. The van der Waals surface area contributed by atoms with Gasteiger partial charge in [-0.1, -0.05) is 0 Å². The molecule has 4 rings (SSSR count). The van der Waals surface area contributed by atoms with E-state index < -0.39 is 0 Å². The maximum absolute atomic E-state index is 12.2. The molecule has 2 aliphatic rings. The van der Waals surface area contributed by atoms with Crippen molar-refractivity contribution in [3.63, 3.8) is 0 Å². The van der Waals surface area contributed by atoms with Gasteiger partial charge in [0.1, 0.15) is 6.61 Å². The summed E-state index contributed by atoms with van der Waals surface area (Å²) in [5.41, 5.74) is 1.81. The normalized spacial score (nSPS) is 21.5. The number of morpholine rings is 1. The first-order valence-electron chi connectivity index (χ1n) is 8.30. The Labute approximate surface area is 140 Å². The molecule has 0 unspecified atom stereocenters. The molecule has 2 fully saturated rings. The Kier molecular flexibility index (Phi) is 3.90. The van der Waals surface area contributed by atoms with Crippen molar-refractivity contribution in [2.45, 2.75) is 25.0 Å². The van der Waals surface area contributed by atoms with Crippen molar-refractivity contribution in [2.24, 2.45) is 7.05 Å². The van der Waals surface area contributed by atoms with Crippen LogP contribution in [-0.4, -0.2) is 52.4 Å². The van der Waals surface area contributed by atoms with Gasteiger partial charge in [0.2, 0.25) is 0 Å². The van der Waals surface area contributed by atoms with Crippen LogP contribution in [-0.2, 0) is 23.1 Å². The fraction of sp³-hybridized carbons (Fsp3) is 0.529. The summed E-state index contributed by atoms with van der Waals surface area (Å²) in [6, 6.07) is 2.00. The summed E-state index contributed by atoms with van der Waals surface area (Å²) < 4.78 is 12.9. The average Bonchev–Trinajstić information content (AvgIpc) is 3.24. The van der Waals surface area contributed by atoms with Gasteiger partial charge in [0.15, 0.2) is 0 Å². The number of hydrogen-bond donors (Lipinski definition) is 0. The lowest BCUT2D eigenvalue weighted by atomic mass is 9.89. The van der Waals surface area contributed by atoms with Crippen molar-refractivity contribution in [1.29, 1.82) is 0 Å². The van der Waals surface area contributed by atoms with E-state index in [0.29, 0.717) is 6.54 Å². The average molecular weight is 330 g/mol. The van der Waals surface area contributed by atoms with Crippen molar-refractivity contribution in [1.82, 2.24) is 14.7 Å². The number of aromatic nitrogens is 2. The number of amides is 1. The molecule has 24 heavy (non-hydrogen) atoms. The summed E-state index contributed by atoms with van der Waals surface area (Å²) in [7, 11) is 1.86. The molecule has 2 aromatic rings. The molecule has 0 atom stereocenters. The lowest BCUT2D eigenvalue weighted by Crippen LogP contribution is -2.58. The van der Waals surface area contributed by atoms with Crippen molar-refractivity contribution in [2.75, 3.05) is 31.1 Å². The zero-order chi connectivity index (χ0) is 16.6. The molecule has 0 aliphatic carbocycles. The number of piperidine rings is 1. The maximum atomic E-state index is 12.2. The van der Waals surface area contributed by atoms with Gasteiger partial charge in [0.25, 0.3) is 5.91 Å². The Morgan fingerprint density at radius 1 is 1.33 bits per heavy atom. The van der Waals surface area contributed by atoms with Gasteiger partial charge in [-0.25, -0.2) is 0 Å². The van der Waals surface area contributed by atoms with Crippen molar-refractivity contribution < 1.29 is 13.9 Å². The third kappa shape index (κ3) is 2.97. The minimum Gasteiger partial charge on any atom is -0.472 e. The molecular formula is C17H22N4O3. The van der Waals surface area contributed by atoms with Crippen LogP contribution in [0.1, 0.15) is 18.4 Å². The molecule has 7 nitrogen and oxygen atoms in total. The molecule has 2 saturated heterocycles. The number of carbonyl (C=O) groups is 1.